The molecule has 0 radical (unpaired) electrons. The molecule has 0 aliphatic rings. The number of aliphatic hydroxyl groups is 1. The molecule has 1 unspecified atom stereocenters. The van der Waals surface area contributed by atoms with Gasteiger partial charge in [-0.25, -0.2) is 9.07 Å². The molecule has 3 rings (SSSR count). The number of thiophene rings is 1. The molecule has 126 valence electrons. The third-order valence-corrected chi connectivity index (χ3v) is 5.00. The van der Waals surface area contributed by atoms with Crippen molar-refractivity contribution in [2.45, 2.75) is 26.3 Å². The minimum Gasteiger partial charge on any atom is -0.394 e. The Morgan fingerprint density at radius 1 is 1.42 bits per heavy atom. The van der Waals surface area contributed by atoms with E-state index in [9.17, 15) is 14.3 Å². The molecule has 2 heterocycles. The topological polar surface area (TPSA) is 67.2 Å². The van der Waals surface area contributed by atoms with Crippen LogP contribution in [0.3, 0.4) is 0 Å². The molecule has 0 fully saturated rings. The molecule has 7 heteroatoms. The highest BCUT2D eigenvalue weighted by Crippen LogP contribution is 2.30. The Balaban J connectivity index is 1.98. The van der Waals surface area contributed by atoms with E-state index in [1.54, 1.807) is 16.8 Å². The molecule has 0 aliphatic carbocycles. The quantitative estimate of drug-likeness (QED) is 0.745. The highest BCUT2D eigenvalue weighted by atomic mass is 32.1. The first-order chi connectivity index (χ1) is 11.5. The van der Waals surface area contributed by atoms with Gasteiger partial charge in [-0.3, -0.25) is 4.79 Å². The number of carbonyl (C=O) groups is 1. The fourth-order valence-electron chi connectivity index (χ4n) is 2.45. The second kappa shape index (κ2) is 6.70. The lowest BCUT2D eigenvalue weighted by Gasteiger charge is -2.12. The lowest BCUT2D eigenvalue weighted by molar-refractivity contribution is 0.0919. The van der Waals surface area contributed by atoms with Crippen molar-refractivity contribution in [3.05, 3.63) is 46.7 Å². The lowest BCUT2D eigenvalue weighted by atomic mass is 10.2. The SMILES string of the molecule is CCC(CO)NC(=O)c1cc2c(C)nn(-c3ccc(F)cc3)c2s1. The van der Waals surface area contributed by atoms with E-state index in [-0.39, 0.29) is 24.4 Å². The van der Waals surface area contributed by atoms with Crippen LogP contribution in [0.4, 0.5) is 4.39 Å². The molecule has 0 spiro atoms. The summed E-state index contributed by atoms with van der Waals surface area (Å²) < 4.78 is 14.8. The number of nitrogens with zero attached hydrogens (tertiary/aromatic N) is 2. The van der Waals surface area contributed by atoms with E-state index in [4.69, 9.17) is 0 Å². The van der Waals surface area contributed by atoms with Gasteiger partial charge in [-0.05, 0) is 43.7 Å². The molecule has 0 aliphatic heterocycles. The van der Waals surface area contributed by atoms with Gasteiger partial charge in [0.05, 0.1) is 28.9 Å². The summed E-state index contributed by atoms with van der Waals surface area (Å²) in [6, 6.07) is 7.62. The molecule has 5 nitrogen and oxygen atoms in total. The zero-order valence-corrected chi connectivity index (χ0v) is 14.2. The number of benzene rings is 1. The monoisotopic (exact) mass is 347 g/mol. The Kier molecular flexibility index (Phi) is 4.64. The second-order valence-electron chi connectivity index (χ2n) is 5.56. The van der Waals surface area contributed by atoms with Gasteiger partial charge in [0.15, 0.2) is 0 Å². The molecule has 2 N–H and O–H groups in total. The van der Waals surface area contributed by atoms with Crippen molar-refractivity contribution in [3.8, 4) is 5.69 Å². The fraction of sp³-hybridized carbons (Fsp3) is 0.294. The molecule has 0 saturated carbocycles. The maximum absolute atomic E-state index is 13.1. The van der Waals surface area contributed by atoms with E-state index in [2.05, 4.69) is 10.4 Å². The molecule has 1 atom stereocenters. The number of rotatable bonds is 5. The summed E-state index contributed by atoms with van der Waals surface area (Å²) in [5.74, 6) is -0.512. The normalized spacial score (nSPS) is 12.5. The van der Waals surface area contributed by atoms with Gasteiger partial charge in [-0.1, -0.05) is 6.92 Å². The molecule has 1 aromatic carbocycles. The Hall–Kier alpha value is -2.25. The van der Waals surface area contributed by atoms with Crippen molar-refractivity contribution in [2.24, 2.45) is 0 Å². The average molecular weight is 347 g/mol. The number of aryl methyl sites for hydroxylation is 1. The minimum atomic E-state index is -0.306. The standard InChI is InChI=1S/C17H18FN3O2S/c1-3-12(9-22)19-16(23)15-8-14-10(2)20-21(17(14)24-15)13-6-4-11(18)5-7-13/h4-8,12,22H,3,9H2,1-2H3,(H,19,23). The first-order valence-electron chi connectivity index (χ1n) is 7.70. The smallest absolute Gasteiger partial charge is 0.261 e. The lowest BCUT2D eigenvalue weighted by Crippen LogP contribution is -2.36. The number of hydrogen-bond acceptors (Lipinski definition) is 4. The van der Waals surface area contributed by atoms with Crippen LogP contribution in [0.1, 0.15) is 28.7 Å². The van der Waals surface area contributed by atoms with Gasteiger partial charge >= 0.3 is 0 Å². The van der Waals surface area contributed by atoms with Crippen molar-refractivity contribution in [3.63, 3.8) is 0 Å². The fourth-order valence-corrected chi connectivity index (χ4v) is 3.54. The summed E-state index contributed by atoms with van der Waals surface area (Å²) in [6.07, 6.45) is 0.662. The van der Waals surface area contributed by atoms with Gasteiger partial charge in [0, 0.05) is 5.39 Å². The van der Waals surface area contributed by atoms with Crippen molar-refractivity contribution in [1.29, 1.82) is 0 Å². The number of aliphatic hydroxyl groups excluding tert-OH is 1. The number of hydrogen-bond donors (Lipinski definition) is 2. The molecule has 0 bridgehead atoms. The second-order valence-corrected chi connectivity index (χ2v) is 6.59. The maximum Gasteiger partial charge on any atom is 0.261 e. The van der Waals surface area contributed by atoms with Gasteiger partial charge in [0.1, 0.15) is 10.6 Å². The number of fused-ring (bicyclic) bond motifs is 1. The number of nitrogens with one attached hydrogen (secondary N) is 1. The summed E-state index contributed by atoms with van der Waals surface area (Å²) in [5, 5.41) is 17.4. The van der Waals surface area contributed by atoms with Gasteiger partial charge in [-0.15, -0.1) is 11.3 Å². The van der Waals surface area contributed by atoms with Gasteiger partial charge in [0.25, 0.3) is 5.91 Å². The van der Waals surface area contributed by atoms with Crippen LogP contribution in [0, 0.1) is 12.7 Å². The Morgan fingerprint density at radius 2 is 2.12 bits per heavy atom. The first kappa shape index (κ1) is 16.6. The van der Waals surface area contributed by atoms with Crippen LogP contribution in [0.25, 0.3) is 15.9 Å². The van der Waals surface area contributed by atoms with Crippen LogP contribution in [0.15, 0.2) is 30.3 Å². The van der Waals surface area contributed by atoms with E-state index in [0.717, 1.165) is 21.6 Å². The van der Waals surface area contributed by atoms with Crippen LogP contribution >= 0.6 is 11.3 Å². The summed E-state index contributed by atoms with van der Waals surface area (Å²) in [5.41, 5.74) is 1.55. The van der Waals surface area contributed by atoms with Crippen molar-refractivity contribution < 1.29 is 14.3 Å². The highest BCUT2D eigenvalue weighted by Gasteiger charge is 2.18. The van der Waals surface area contributed by atoms with Crippen LogP contribution in [-0.4, -0.2) is 33.4 Å². The summed E-state index contributed by atoms with van der Waals surface area (Å²) in [4.78, 5) is 13.8. The van der Waals surface area contributed by atoms with E-state index in [1.165, 1.54) is 23.5 Å². The predicted octanol–water partition coefficient (Wildman–Crippen LogP) is 3.04. The number of aromatic nitrogens is 2. The average Bonchev–Trinajstić information content (AvgIpc) is 3.14. The van der Waals surface area contributed by atoms with Gasteiger partial charge < -0.3 is 10.4 Å². The van der Waals surface area contributed by atoms with Crippen molar-refractivity contribution in [2.75, 3.05) is 6.61 Å². The number of amides is 1. The summed E-state index contributed by atoms with van der Waals surface area (Å²) in [6.45, 7) is 3.69. The van der Waals surface area contributed by atoms with E-state index in [1.807, 2.05) is 19.9 Å². The third-order valence-electron chi connectivity index (χ3n) is 3.89. The zero-order valence-electron chi connectivity index (χ0n) is 13.4. The van der Waals surface area contributed by atoms with Gasteiger partial charge in [0.2, 0.25) is 0 Å². The number of carbonyl (C=O) groups excluding carboxylic acids is 1. The van der Waals surface area contributed by atoms with Crippen molar-refractivity contribution in [1.82, 2.24) is 15.1 Å². The Morgan fingerprint density at radius 3 is 2.75 bits per heavy atom. The van der Waals surface area contributed by atoms with Crippen molar-refractivity contribution >= 4 is 27.5 Å². The van der Waals surface area contributed by atoms with E-state index in [0.29, 0.717) is 11.3 Å². The molecular formula is C17H18FN3O2S. The van der Waals surface area contributed by atoms with Crippen LogP contribution in [-0.2, 0) is 0 Å². The van der Waals surface area contributed by atoms with Crippen LogP contribution in [0.2, 0.25) is 0 Å². The molecule has 1 amide bonds. The number of halogens is 1. The van der Waals surface area contributed by atoms with Crippen LogP contribution < -0.4 is 5.32 Å². The Labute approximate surface area is 142 Å². The molecular weight excluding hydrogens is 329 g/mol. The highest BCUT2D eigenvalue weighted by molar-refractivity contribution is 7.20. The molecule has 24 heavy (non-hydrogen) atoms. The first-order valence-corrected chi connectivity index (χ1v) is 8.52. The third kappa shape index (κ3) is 3.05. The summed E-state index contributed by atoms with van der Waals surface area (Å²) >= 11 is 1.33. The van der Waals surface area contributed by atoms with Gasteiger partial charge in [-0.2, -0.15) is 5.10 Å². The molecule has 2 aromatic heterocycles. The van der Waals surface area contributed by atoms with E-state index >= 15 is 0 Å². The minimum absolute atomic E-state index is 0.0878. The zero-order chi connectivity index (χ0) is 17.3. The summed E-state index contributed by atoms with van der Waals surface area (Å²) in [7, 11) is 0. The largest absolute Gasteiger partial charge is 0.394 e. The Bertz CT molecular complexity index is 866. The maximum atomic E-state index is 13.1. The van der Waals surface area contributed by atoms with E-state index < -0.39 is 0 Å². The predicted molar refractivity (Wildman–Crippen MR) is 92.3 cm³/mol. The van der Waals surface area contributed by atoms with Crippen LogP contribution in [0.5, 0.6) is 0 Å². The molecule has 0 saturated heterocycles. The molecule has 3 aromatic rings.